The van der Waals surface area contributed by atoms with Gasteiger partial charge in [-0.05, 0) is 149 Å². The monoisotopic (exact) mass is 1210 g/mol. The van der Waals surface area contributed by atoms with Crippen LogP contribution in [-0.4, -0.2) is 89.0 Å². The average Bonchev–Trinajstić information content (AvgIpc) is 1.03. The first-order valence-corrected chi connectivity index (χ1v) is 30.5. The molecule has 10 aromatic rings. The molecule has 8 aromatic carbocycles. The van der Waals surface area contributed by atoms with Crippen LogP contribution in [0.1, 0.15) is 80.6 Å². The number of rotatable bonds is 24. The smallest absolute Gasteiger partial charge is 0.167 e. The summed E-state index contributed by atoms with van der Waals surface area (Å²) in [4.78, 5) is 29.3. The van der Waals surface area contributed by atoms with Gasteiger partial charge < -0.3 is 39.4 Å². The summed E-state index contributed by atoms with van der Waals surface area (Å²) < 4.78 is 24.5. The molecule has 464 valence electrons. The lowest BCUT2D eigenvalue weighted by molar-refractivity contribution is 0.0623. The molecule has 0 saturated carbocycles. The van der Waals surface area contributed by atoms with Crippen LogP contribution in [0.15, 0.2) is 171 Å². The van der Waals surface area contributed by atoms with Gasteiger partial charge in [-0.2, -0.15) is 0 Å². The molecular formula is C77H78N6O8. The summed E-state index contributed by atoms with van der Waals surface area (Å²) in [6, 6.07) is 46.4. The SMILES string of the molecule is C=CCc1cc(C(C)(C)c2ccc(OCC(O)COc3ccc(-c4nc(-c5ccc(C)cc5C)nc(-c5ccc(C)cc5C)n4)c(O)c3)c(CC=C)c2)ccc1OCC(O)COc1ccc(-c2nc(-c3ccc(C)cc3C)nc(-c3ccc(C)cc3C)n2)c(O)c1. The first-order chi connectivity index (χ1) is 43.6. The Morgan fingerprint density at radius 3 is 0.945 bits per heavy atom. The lowest BCUT2D eigenvalue weighted by Crippen LogP contribution is -2.26. The standard InChI is InChI=1S/C77H78N6O8/c1-13-15-53-37-55(21-31-69(53)90-43-57(84)41-88-59-23-29-65(67(86)39-59)75-80-71(61-25-17-45(3)33-49(61)7)78-72(81-75)62-26-18-46(4)34-50(62)8)77(11,12)56-22-32-70(54(38-56)16-14-2)91-44-58(85)42-89-60-24-30-66(68(87)40-60)76-82-73(63-27-19-47(5)35-51(63)9)79-74(83-76)64-28-20-48(6)36-52(64)10/h13-14,17-40,57-58,84-87H,1-2,15-16,41-44H2,3-12H3. The highest BCUT2D eigenvalue weighted by atomic mass is 16.5. The van der Waals surface area contributed by atoms with Gasteiger partial charge in [-0.1, -0.05) is 145 Å². The van der Waals surface area contributed by atoms with Crippen molar-refractivity contribution in [3.8, 4) is 103 Å². The van der Waals surface area contributed by atoms with E-state index in [1.54, 1.807) is 24.3 Å². The van der Waals surface area contributed by atoms with Crippen molar-refractivity contribution in [3.63, 3.8) is 0 Å². The molecule has 0 fully saturated rings. The molecule has 2 unspecified atom stereocenters. The zero-order valence-electron chi connectivity index (χ0n) is 53.4. The number of ether oxygens (including phenoxy) is 4. The highest BCUT2D eigenvalue weighted by Crippen LogP contribution is 2.39. The molecule has 0 bridgehead atoms. The molecule has 2 aromatic heterocycles. The van der Waals surface area contributed by atoms with Crippen LogP contribution in [0.4, 0.5) is 0 Å². The van der Waals surface area contributed by atoms with Crippen LogP contribution in [0.5, 0.6) is 34.5 Å². The number of phenolic OH excluding ortho intramolecular Hbond substituents is 2. The van der Waals surface area contributed by atoms with E-state index in [9.17, 15) is 20.4 Å². The van der Waals surface area contributed by atoms with E-state index in [1.807, 2.05) is 140 Å². The molecule has 0 radical (unpaired) electrons. The molecule has 0 aliphatic rings. The Bertz CT molecular complexity index is 3940. The zero-order valence-corrected chi connectivity index (χ0v) is 53.4. The topological polar surface area (TPSA) is 195 Å². The molecule has 2 atom stereocenters. The summed E-state index contributed by atoms with van der Waals surface area (Å²) in [7, 11) is 0. The number of hydrogen-bond donors (Lipinski definition) is 4. The van der Waals surface area contributed by atoms with Crippen LogP contribution in [0.2, 0.25) is 0 Å². The zero-order chi connectivity index (χ0) is 64.7. The third-order valence-electron chi connectivity index (χ3n) is 16.2. The second-order valence-electron chi connectivity index (χ2n) is 24.1. The molecule has 14 heteroatoms. The van der Waals surface area contributed by atoms with Crippen molar-refractivity contribution in [2.75, 3.05) is 26.4 Å². The summed E-state index contributed by atoms with van der Waals surface area (Å²) in [6.45, 7) is 28.3. The maximum Gasteiger partial charge on any atom is 0.167 e. The van der Waals surface area contributed by atoms with Crippen molar-refractivity contribution in [3.05, 3.63) is 238 Å². The number of aryl methyl sites for hydroxylation is 8. The van der Waals surface area contributed by atoms with Crippen molar-refractivity contribution in [2.24, 2.45) is 0 Å². The summed E-state index contributed by atoms with van der Waals surface area (Å²) in [6.07, 6.45) is 2.66. The Hall–Kier alpha value is -10.0. The third-order valence-corrected chi connectivity index (χ3v) is 16.2. The number of aliphatic hydroxyl groups excluding tert-OH is 2. The number of allylic oxidation sites excluding steroid dienone is 2. The second-order valence-corrected chi connectivity index (χ2v) is 24.1. The molecule has 0 amide bonds. The number of aromatic nitrogens is 6. The molecule has 10 rings (SSSR count). The van der Waals surface area contributed by atoms with E-state index in [-0.39, 0.29) is 37.9 Å². The molecule has 0 aliphatic heterocycles. The molecule has 0 aliphatic carbocycles. The van der Waals surface area contributed by atoms with Crippen molar-refractivity contribution in [2.45, 2.75) is 99.7 Å². The van der Waals surface area contributed by atoms with Crippen molar-refractivity contribution < 1.29 is 39.4 Å². The van der Waals surface area contributed by atoms with E-state index in [1.165, 1.54) is 12.1 Å². The molecule has 91 heavy (non-hydrogen) atoms. The van der Waals surface area contributed by atoms with Crippen LogP contribution in [0.3, 0.4) is 0 Å². The minimum absolute atomic E-state index is 0.0523. The molecule has 4 N–H and O–H groups in total. The van der Waals surface area contributed by atoms with E-state index >= 15 is 0 Å². The maximum atomic E-state index is 11.4. The quantitative estimate of drug-likeness (QED) is 0.0417. The third kappa shape index (κ3) is 15.0. The Morgan fingerprint density at radius 1 is 0.374 bits per heavy atom. The Morgan fingerprint density at radius 2 is 0.659 bits per heavy atom. The molecule has 0 spiro atoms. The van der Waals surface area contributed by atoms with E-state index in [2.05, 4.69) is 63.4 Å². The van der Waals surface area contributed by atoms with Gasteiger partial charge >= 0.3 is 0 Å². The number of aliphatic hydroxyl groups is 2. The highest BCUT2D eigenvalue weighted by Gasteiger charge is 2.27. The number of phenols is 2. The van der Waals surface area contributed by atoms with Crippen molar-refractivity contribution >= 4 is 0 Å². The van der Waals surface area contributed by atoms with Crippen LogP contribution in [0.25, 0.3) is 68.3 Å². The first-order valence-electron chi connectivity index (χ1n) is 30.5. The fourth-order valence-corrected chi connectivity index (χ4v) is 11.2. The number of benzene rings is 8. The van der Waals surface area contributed by atoms with Gasteiger partial charge in [0.25, 0.3) is 0 Å². The Balaban J connectivity index is 0.760. The summed E-state index contributed by atoms with van der Waals surface area (Å²) in [5, 5.41) is 45.1. The maximum absolute atomic E-state index is 11.4. The Kier molecular flexibility index (Phi) is 19.5. The van der Waals surface area contributed by atoms with Gasteiger partial charge in [0.1, 0.15) is 73.1 Å². The van der Waals surface area contributed by atoms with Gasteiger partial charge in [-0.3, -0.25) is 0 Å². The van der Waals surface area contributed by atoms with Crippen LogP contribution >= 0.6 is 0 Å². The van der Waals surface area contributed by atoms with E-state index < -0.39 is 17.6 Å². The lowest BCUT2D eigenvalue weighted by Gasteiger charge is -2.28. The van der Waals surface area contributed by atoms with Gasteiger partial charge in [0.2, 0.25) is 0 Å². The van der Waals surface area contributed by atoms with Crippen LogP contribution < -0.4 is 18.9 Å². The minimum atomic E-state index is -1.01. The second kappa shape index (κ2) is 27.8. The summed E-state index contributed by atoms with van der Waals surface area (Å²) in [5.41, 5.74) is 16.3. The first kappa shape index (κ1) is 64.0. The van der Waals surface area contributed by atoms with Gasteiger partial charge in [-0.25, -0.2) is 29.9 Å². The normalized spacial score (nSPS) is 12.1. The van der Waals surface area contributed by atoms with Crippen molar-refractivity contribution in [1.82, 2.24) is 29.9 Å². The summed E-state index contributed by atoms with van der Waals surface area (Å²) >= 11 is 0. The van der Waals surface area contributed by atoms with Gasteiger partial charge in [-0.15, -0.1) is 13.2 Å². The van der Waals surface area contributed by atoms with Crippen LogP contribution in [-0.2, 0) is 18.3 Å². The van der Waals surface area contributed by atoms with Crippen LogP contribution in [0, 0.1) is 55.4 Å². The molecular weight excluding hydrogens is 1140 g/mol. The van der Waals surface area contributed by atoms with E-state index in [0.717, 1.165) is 89.0 Å². The summed E-state index contributed by atoms with van der Waals surface area (Å²) in [5.74, 6) is 4.36. The molecule has 14 nitrogen and oxygen atoms in total. The fraction of sp³-hybridized carbons (Fsp3) is 0.247. The van der Waals surface area contributed by atoms with Gasteiger partial charge in [0, 0.05) is 39.8 Å². The minimum Gasteiger partial charge on any atom is -0.507 e. The van der Waals surface area contributed by atoms with Crippen molar-refractivity contribution in [1.29, 1.82) is 0 Å². The average molecular weight is 1220 g/mol. The fourth-order valence-electron chi connectivity index (χ4n) is 11.2. The van der Waals surface area contributed by atoms with E-state index in [4.69, 9.17) is 48.9 Å². The van der Waals surface area contributed by atoms with E-state index in [0.29, 0.717) is 81.9 Å². The van der Waals surface area contributed by atoms with Gasteiger partial charge in [0.05, 0.1) is 11.1 Å². The largest absolute Gasteiger partial charge is 0.507 e. The number of aromatic hydroxyl groups is 2. The number of nitrogens with zero attached hydrogens (tertiary/aromatic N) is 6. The predicted octanol–water partition coefficient (Wildman–Crippen LogP) is 15.4. The number of hydrogen-bond acceptors (Lipinski definition) is 14. The highest BCUT2D eigenvalue weighted by molar-refractivity contribution is 5.74. The van der Waals surface area contributed by atoms with Gasteiger partial charge in [0.15, 0.2) is 34.9 Å². The molecule has 2 heterocycles. The molecule has 0 saturated heterocycles. The predicted molar refractivity (Wildman–Crippen MR) is 360 cm³/mol. The lowest BCUT2D eigenvalue weighted by atomic mass is 9.76. The Labute approximate surface area is 533 Å².